The van der Waals surface area contributed by atoms with Gasteiger partial charge in [0.05, 0.1) is 22.5 Å². The molecule has 0 radical (unpaired) electrons. The molecule has 0 fully saturated rings. The molecule has 7 heteroatoms. The Morgan fingerprint density at radius 1 is 1.27 bits per heavy atom. The quantitative estimate of drug-likeness (QED) is 0.664. The second-order valence-corrected chi connectivity index (χ2v) is 7.12. The summed E-state index contributed by atoms with van der Waals surface area (Å²) >= 11 is 1.46. The van der Waals surface area contributed by atoms with Gasteiger partial charge in [0.1, 0.15) is 5.92 Å². The Bertz CT molecular complexity index is 992. The van der Waals surface area contributed by atoms with Crippen molar-refractivity contribution < 1.29 is 4.79 Å². The molecular formula is C19H17N5OS. The van der Waals surface area contributed by atoms with Crippen LogP contribution in [0.15, 0.2) is 58.9 Å². The lowest BCUT2D eigenvalue weighted by Gasteiger charge is -2.11. The highest BCUT2D eigenvalue weighted by Gasteiger charge is 2.37. The Morgan fingerprint density at radius 2 is 2.12 bits per heavy atom. The van der Waals surface area contributed by atoms with E-state index in [9.17, 15) is 4.79 Å². The minimum Gasteiger partial charge on any atom is -0.288 e. The number of hydrogen-bond donors (Lipinski definition) is 0. The third-order valence-corrected chi connectivity index (χ3v) is 5.26. The van der Waals surface area contributed by atoms with Gasteiger partial charge in [0, 0.05) is 18.1 Å². The maximum Gasteiger partial charge on any atom is 0.264 e. The molecule has 0 saturated carbocycles. The lowest BCUT2D eigenvalue weighted by Crippen LogP contribution is -2.31. The summed E-state index contributed by atoms with van der Waals surface area (Å²) in [7, 11) is 0. The van der Waals surface area contributed by atoms with Crippen molar-refractivity contribution in [3.63, 3.8) is 0 Å². The number of benzene rings is 1. The van der Waals surface area contributed by atoms with E-state index in [2.05, 4.69) is 20.1 Å². The summed E-state index contributed by atoms with van der Waals surface area (Å²) < 4.78 is 1.04. The third-order valence-electron chi connectivity index (χ3n) is 4.25. The smallest absolute Gasteiger partial charge is 0.264 e. The highest BCUT2D eigenvalue weighted by atomic mass is 32.1. The molecule has 0 N–H and O–H groups in total. The molecule has 0 bridgehead atoms. The van der Waals surface area contributed by atoms with Crippen molar-refractivity contribution >= 4 is 44.0 Å². The van der Waals surface area contributed by atoms with E-state index in [-0.39, 0.29) is 5.91 Å². The van der Waals surface area contributed by atoms with Crippen LogP contribution in [0.25, 0.3) is 10.2 Å². The number of para-hydroxylation sites is 1. The number of aromatic nitrogens is 2. The van der Waals surface area contributed by atoms with Crippen LogP contribution in [0.3, 0.4) is 0 Å². The van der Waals surface area contributed by atoms with E-state index in [4.69, 9.17) is 0 Å². The van der Waals surface area contributed by atoms with Crippen molar-refractivity contribution in [1.82, 2.24) is 9.97 Å². The maximum absolute atomic E-state index is 12.9. The molecule has 3 heterocycles. The zero-order chi connectivity index (χ0) is 18.1. The Morgan fingerprint density at radius 3 is 2.88 bits per heavy atom. The molecule has 2 aromatic heterocycles. The number of carbonyl (C=O) groups excluding carboxylic acids is 1. The number of rotatable bonds is 4. The van der Waals surface area contributed by atoms with E-state index < -0.39 is 5.92 Å². The third kappa shape index (κ3) is 3.01. The van der Waals surface area contributed by atoms with Gasteiger partial charge < -0.3 is 0 Å². The second kappa shape index (κ2) is 6.76. The molecule has 26 heavy (non-hydrogen) atoms. The van der Waals surface area contributed by atoms with Crippen LogP contribution in [-0.2, 0) is 11.3 Å². The zero-order valence-electron chi connectivity index (χ0n) is 14.5. The van der Waals surface area contributed by atoms with Gasteiger partial charge in [-0.05, 0) is 37.6 Å². The molecule has 3 aromatic rings. The zero-order valence-corrected chi connectivity index (χ0v) is 15.3. The minimum atomic E-state index is -0.432. The topological polar surface area (TPSA) is 70.8 Å². The van der Waals surface area contributed by atoms with E-state index in [0.29, 0.717) is 11.7 Å². The van der Waals surface area contributed by atoms with Crippen molar-refractivity contribution in [1.29, 1.82) is 0 Å². The Hall–Kier alpha value is -2.93. The van der Waals surface area contributed by atoms with Crippen molar-refractivity contribution in [2.24, 2.45) is 16.0 Å². The van der Waals surface area contributed by atoms with E-state index in [1.807, 2.05) is 50.2 Å². The Kier molecular flexibility index (Phi) is 4.30. The van der Waals surface area contributed by atoms with Crippen LogP contribution in [0.1, 0.15) is 19.4 Å². The van der Waals surface area contributed by atoms with Crippen LogP contribution < -0.4 is 5.01 Å². The standard InChI is InChI=1S/C19H17N5OS/c1-12(21-11-14-6-5-9-20-10-14)17-13(2)23-24(18(17)25)19-22-15-7-3-4-8-16(15)26-19/h3-10,17H,11H2,1-2H3. The molecular weight excluding hydrogens is 346 g/mol. The van der Waals surface area contributed by atoms with Gasteiger partial charge in [-0.3, -0.25) is 14.8 Å². The molecule has 1 unspecified atom stereocenters. The van der Waals surface area contributed by atoms with Gasteiger partial charge in [-0.2, -0.15) is 10.1 Å². The predicted octanol–water partition coefficient (Wildman–Crippen LogP) is 3.69. The fraction of sp³-hybridized carbons (Fsp3) is 0.211. The van der Waals surface area contributed by atoms with Crippen LogP contribution in [0.2, 0.25) is 0 Å². The largest absolute Gasteiger partial charge is 0.288 e. The van der Waals surface area contributed by atoms with Crippen LogP contribution in [0, 0.1) is 5.92 Å². The predicted molar refractivity (Wildman–Crippen MR) is 105 cm³/mol. The first-order valence-electron chi connectivity index (χ1n) is 8.28. The average molecular weight is 363 g/mol. The molecule has 1 atom stereocenters. The SMILES string of the molecule is CC(=NCc1cccnc1)C1C(=O)N(c2nc3ccccc3s2)N=C1C. The van der Waals surface area contributed by atoms with Crippen molar-refractivity contribution in [3.05, 3.63) is 54.4 Å². The fourth-order valence-electron chi connectivity index (χ4n) is 2.93. The van der Waals surface area contributed by atoms with Crippen molar-refractivity contribution in [2.75, 3.05) is 5.01 Å². The summed E-state index contributed by atoms with van der Waals surface area (Å²) in [5.74, 6) is -0.535. The van der Waals surface area contributed by atoms with Gasteiger partial charge in [0.2, 0.25) is 5.13 Å². The van der Waals surface area contributed by atoms with Crippen molar-refractivity contribution in [2.45, 2.75) is 20.4 Å². The first-order chi connectivity index (χ1) is 12.6. The number of fused-ring (bicyclic) bond motifs is 1. The summed E-state index contributed by atoms with van der Waals surface area (Å²) in [5.41, 5.74) is 3.37. The molecule has 1 amide bonds. The number of pyridine rings is 1. The van der Waals surface area contributed by atoms with Gasteiger partial charge in [0.15, 0.2) is 0 Å². The monoisotopic (exact) mass is 363 g/mol. The number of carbonyl (C=O) groups is 1. The minimum absolute atomic E-state index is 0.103. The maximum atomic E-state index is 12.9. The molecule has 130 valence electrons. The Balaban J connectivity index is 1.57. The van der Waals surface area contributed by atoms with E-state index in [1.54, 1.807) is 12.4 Å². The van der Waals surface area contributed by atoms with Gasteiger partial charge in [0.25, 0.3) is 5.91 Å². The normalized spacial score (nSPS) is 17.8. The van der Waals surface area contributed by atoms with E-state index >= 15 is 0 Å². The van der Waals surface area contributed by atoms with Crippen LogP contribution in [0.4, 0.5) is 5.13 Å². The molecule has 0 spiro atoms. The lowest BCUT2D eigenvalue weighted by atomic mass is 9.99. The van der Waals surface area contributed by atoms with Crippen LogP contribution in [0.5, 0.6) is 0 Å². The summed E-state index contributed by atoms with van der Waals surface area (Å²) in [5, 5.41) is 6.45. The summed E-state index contributed by atoms with van der Waals surface area (Å²) in [6, 6.07) is 11.7. The molecule has 0 saturated heterocycles. The molecule has 1 aromatic carbocycles. The number of hydrogen-bond acceptors (Lipinski definition) is 6. The van der Waals surface area contributed by atoms with Gasteiger partial charge in [-0.1, -0.05) is 29.5 Å². The highest BCUT2D eigenvalue weighted by molar-refractivity contribution is 7.22. The molecule has 1 aliphatic heterocycles. The molecule has 4 rings (SSSR count). The number of nitrogens with zero attached hydrogens (tertiary/aromatic N) is 5. The highest BCUT2D eigenvalue weighted by Crippen LogP contribution is 2.32. The number of amides is 1. The molecule has 1 aliphatic rings. The average Bonchev–Trinajstić information content (AvgIpc) is 3.21. The number of aliphatic imine (C=N–C) groups is 1. The Labute approximate surface area is 154 Å². The van der Waals surface area contributed by atoms with Crippen LogP contribution in [-0.4, -0.2) is 27.3 Å². The summed E-state index contributed by atoms with van der Waals surface area (Å²) in [6.07, 6.45) is 3.51. The molecule has 6 nitrogen and oxygen atoms in total. The first-order valence-corrected chi connectivity index (χ1v) is 9.09. The number of anilines is 1. The second-order valence-electron chi connectivity index (χ2n) is 6.11. The van der Waals surface area contributed by atoms with Gasteiger partial charge in [-0.15, -0.1) is 0 Å². The number of hydrazone groups is 1. The van der Waals surface area contributed by atoms with Gasteiger partial charge in [-0.25, -0.2) is 4.98 Å². The summed E-state index contributed by atoms with van der Waals surface area (Å²) in [6.45, 7) is 4.23. The van der Waals surface area contributed by atoms with E-state index in [0.717, 1.165) is 27.2 Å². The lowest BCUT2D eigenvalue weighted by molar-refractivity contribution is -0.118. The summed E-state index contributed by atoms with van der Waals surface area (Å²) in [4.78, 5) is 26.1. The number of thiazole rings is 1. The van der Waals surface area contributed by atoms with E-state index in [1.165, 1.54) is 16.3 Å². The first kappa shape index (κ1) is 16.5. The fourth-order valence-corrected chi connectivity index (χ4v) is 3.86. The van der Waals surface area contributed by atoms with Crippen LogP contribution >= 0.6 is 11.3 Å². The van der Waals surface area contributed by atoms with Crippen molar-refractivity contribution in [3.8, 4) is 0 Å². The van der Waals surface area contributed by atoms with Gasteiger partial charge >= 0.3 is 0 Å². The molecule has 0 aliphatic carbocycles.